The summed E-state index contributed by atoms with van der Waals surface area (Å²) in [7, 11) is 0. The second kappa shape index (κ2) is 4.11. The van der Waals surface area contributed by atoms with E-state index in [1.165, 1.54) is 0 Å². The fraction of sp³-hybridized carbons (Fsp3) is 0.538. The Morgan fingerprint density at radius 1 is 1.41 bits per heavy atom. The molecule has 0 spiro atoms. The Balaban J connectivity index is 1.80. The van der Waals surface area contributed by atoms with E-state index < -0.39 is 0 Å². The molecule has 3 unspecified atom stereocenters. The molecule has 2 aliphatic heterocycles. The molecular formula is C13H17N3O. The highest BCUT2D eigenvalue weighted by Gasteiger charge is 2.43. The number of rotatable bonds is 1. The second-order valence-corrected chi connectivity index (χ2v) is 5.02. The summed E-state index contributed by atoms with van der Waals surface area (Å²) in [5.41, 5.74) is 0.750. The number of nitrogens with one attached hydrogen (secondary N) is 1. The smallest absolute Gasteiger partial charge is 0.254 e. The number of pyridine rings is 1. The molecule has 1 aromatic heterocycles. The van der Waals surface area contributed by atoms with Crippen LogP contribution in [0.25, 0.3) is 0 Å². The van der Waals surface area contributed by atoms with E-state index >= 15 is 0 Å². The lowest BCUT2D eigenvalue weighted by molar-refractivity contribution is 0.0728. The van der Waals surface area contributed by atoms with Crippen LogP contribution in [-0.2, 0) is 0 Å². The van der Waals surface area contributed by atoms with Crippen molar-refractivity contribution in [3.8, 4) is 0 Å². The van der Waals surface area contributed by atoms with Crippen molar-refractivity contribution in [3.05, 3.63) is 30.1 Å². The number of hydrogen-bond acceptors (Lipinski definition) is 3. The van der Waals surface area contributed by atoms with Crippen LogP contribution < -0.4 is 5.32 Å². The quantitative estimate of drug-likeness (QED) is 0.776. The van der Waals surface area contributed by atoms with Crippen molar-refractivity contribution >= 4 is 5.91 Å². The summed E-state index contributed by atoms with van der Waals surface area (Å²) in [6, 6.07) is 3.93. The molecule has 90 valence electrons. The molecule has 3 rings (SSSR count). The zero-order chi connectivity index (χ0) is 11.8. The first-order valence-electron chi connectivity index (χ1n) is 6.19. The second-order valence-electron chi connectivity index (χ2n) is 5.02. The van der Waals surface area contributed by atoms with Crippen LogP contribution in [0, 0.1) is 11.8 Å². The molecule has 4 heteroatoms. The van der Waals surface area contributed by atoms with Crippen LogP contribution in [0.1, 0.15) is 17.3 Å². The molecule has 3 atom stereocenters. The third-order valence-electron chi connectivity index (χ3n) is 4.12. The molecule has 0 radical (unpaired) electrons. The van der Waals surface area contributed by atoms with Gasteiger partial charge < -0.3 is 10.2 Å². The number of aromatic nitrogens is 1. The van der Waals surface area contributed by atoms with Crippen LogP contribution in [0.15, 0.2) is 24.5 Å². The summed E-state index contributed by atoms with van der Waals surface area (Å²) < 4.78 is 0. The molecule has 1 N–H and O–H groups in total. The van der Waals surface area contributed by atoms with Gasteiger partial charge in [0.05, 0.1) is 0 Å². The number of hydrogen-bond donors (Lipinski definition) is 1. The molecule has 1 aromatic rings. The minimum Gasteiger partial charge on any atom is -0.335 e. The Morgan fingerprint density at radius 2 is 2.18 bits per heavy atom. The van der Waals surface area contributed by atoms with Crippen LogP contribution in [0.5, 0.6) is 0 Å². The molecule has 2 fully saturated rings. The Bertz CT molecular complexity index is 420. The minimum absolute atomic E-state index is 0.148. The molecule has 0 aliphatic carbocycles. The SMILES string of the molecule is CC1C2CNCC2CN1C(=O)c1ccncc1. The van der Waals surface area contributed by atoms with Gasteiger partial charge in [-0.1, -0.05) is 0 Å². The highest BCUT2D eigenvalue weighted by atomic mass is 16.2. The van der Waals surface area contributed by atoms with Gasteiger partial charge in [-0.2, -0.15) is 0 Å². The van der Waals surface area contributed by atoms with E-state index in [0.29, 0.717) is 17.9 Å². The number of nitrogens with zero attached hydrogens (tertiary/aromatic N) is 2. The molecule has 3 heterocycles. The first kappa shape index (κ1) is 10.7. The van der Waals surface area contributed by atoms with E-state index in [0.717, 1.165) is 25.2 Å². The molecule has 0 aromatic carbocycles. The monoisotopic (exact) mass is 231 g/mol. The van der Waals surface area contributed by atoms with Crippen LogP contribution in [0.2, 0.25) is 0 Å². The van der Waals surface area contributed by atoms with Crippen molar-refractivity contribution < 1.29 is 4.79 Å². The van der Waals surface area contributed by atoms with Gasteiger partial charge in [0.25, 0.3) is 5.91 Å². The van der Waals surface area contributed by atoms with Crippen molar-refractivity contribution in [2.75, 3.05) is 19.6 Å². The number of fused-ring (bicyclic) bond motifs is 1. The predicted octanol–water partition coefficient (Wildman–Crippen LogP) is 0.761. The Kier molecular flexibility index (Phi) is 2.59. The van der Waals surface area contributed by atoms with Gasteiger partial charge in [-0.3, -0.25) is 9.78 Å². The van der Waals surface area contributed by atoms with Crippen LogP contribution in [0.4, 0.5) is 0 Å². The predicted molar refractivity (Wildman–Crippen MR) is 64.6 cm³/mol. The van der Waals surface area contributed by atoms with Gasteiger partial charge in [0.15, 0.2) is 0 Å². The zero-order valence-electron chi connectivity index (χ0n) is 9.97. The fourth-order valence-corrected chi connectivity index (χ4v) is 3.10. The summed E-state index contributed by atoms with van der Waals surface area (Å²) >= 11 is 0. The summed E-state index contributed by atoms with van der Waals surface area (Å²) in [4.78, 5) is 18.3. The van der Waals surface area contributed by atoms with E-state index in [1.54, 1.807) is 24.5 Å². The normalized spacial score (nSPS) is 31.6. The Morgan fingerprint density at radius 3 is 2.88 bits per heavy atom. The van der Waals surface area contributed by atoms with Gasteiger partial charge in [0.2, 0.25) is 0 Å². The average Bonchev–Trinajstić information content (AvgIpc) is 2.93. The van der Waals surface area contributed by atoms with Gasteiger partial charge in [0.1, 0.15) is 0 Å². The molecule has 2 aliphatic rings. The Hall–Kier alpha value is -1.42. The zero-order valence-corrected chi connectivity index (χ0v) is 9.97. The first-order valence-corrected chi connectivity index (χ1v) is 6.19. The van der Waals surface area contributed by atoms with Crippen molar-refractivity contribution in [1.82, 2.24) is 15.2 Å². The highest BCUT2D eigenvalue weighted by Crippen LogP contribution is 2.33. The molecule has 2 saturated heterocycles. The van der Waals surface area contributed by atoms with Gasteiger partial charge in [-0.25, -0.2) is 0 Å². The first-order chi connectivity index (χ1) is 8.27. The van der Waals surface area contributed by atoms with E-state index in [1.807, 2.05) is 4.90 Å². The van der Waals surface area contributed by atoms with E-state index in [-0.39, 0.29) is 5.91 Å². The fourth-order valence-electron chi connectivity index (χ4n) is 3.10. The lowest BCUT2D eigenvalue weighted by Crippen LogP contribution is -2.38. The largest absolute Gasteiger partial charge is 0.335 e. The lowest BCUT2D eigenvalue weighted by Gasteiger charge is -2.24. The lowest BCUT2D eigenvalue weighted by atomic mass is 9.95. The number of amides is 1. The Labute approximate surface area is 101 Å². The molecular weight excluding hydrogens is 214 g/mol. The van der Waals surface area contributed by atoms with Gasteiger partial charge in [-0.05, 0) is 30.9 Å². The van der Waals surface area contributed by atoms with Crippen LogP contribution in [0.3, 0.4) is 0 Å². The van der Waals surface area contributed by atoms with Crippen LogP contribution in [-0.4, -0.2) is 41.5 Å². The standard InChI is InChI=1S/C13H17N3O/c1-9-12-7-15-6-11(12)8-16(9)13(17)10-2-4-14-5-3-10/h2-5,9,11-12,15H,6-8H2,1H3. The summed E-state index contributed by atoms with van der Waals surface area (Å²) in [5.74, 6) is 1.41. The average molecular weight is 231 g/mol. The minimum atomic E-state index is 0.148. The third-order valence-corrected chi connectivity index (χ3v) is 4.12. The number of carbonyl (C=O) groups is 1. The van der Waals surface area contributed by atoms with Crippen molar-refractivity contribution in [2.45, 2.75) is 13.0 Å². The summed E-state index contributed by atoms with van der Waals surface area (Å²) in [6.07, 6.45) is 3.35. The molecule has 1 amide bonds. The molecule has 0 bridgehead atoms. The maximum absolute atomic E-state index is 12.4. The number of likely N-dealkylation sites (tertiary alicyclic amines) is 1. The third kappa shape index (κ3) is 1.72. The van der Waals surface area contributed by atoms with E-state index in [2.05, 4.69) is 17.2 Å². The maximum Gasteiger partial charge on any atom is 0.254 e. The highest BCUT2D eigenvalue weighted by molar-refractivity contribution is 5.94. The van der Waals surface area contributed by atoms with Gasteiger partial charge in [0, 0.05) is 43.6 Å². The summed E-state index contributed by atoms with van der Waals surface area (Å²) in [6.45, 7) is 5.15. The van der Waals surface area contributed by atoms with Crippen LogP contribution >= 0.6 is 0 Å². The topological polar surface area (TPSA) is 45.2 Å². The van der Waals surface area contributed by atoms with Crippen molar-refractivity contribution in [3.63, 3.8) is 0 Å². The van der Waals surface area contributed by atoms with Crippen molar-refractivity contribution in [1.29, 1.82) is 0 Å². The van der Waals surface area contributed by atoms with E-state index in [9.17, 15) is 4.79 Å². The van der Waals surface area contributed by atoms with Crippen molar-refractivity contribution in [2.24, 2.45) is 11.8 Å². The number of carbonyl (C=O) groups excluding carboxylic acids is 1. The van der Waals surface area contributed by atoms with Gasteiger partial charge >= 0.3 is 0 Å². The summed E-state index contributed by atoms with van der Waals surface area (Å²) in [5, 5.41) is 3.41. The van der Waals surface area contributed by atoms with E-state index in [4.69, 9.17) is 0 Å². The maximum atomic E-state index is 12.4. The molecule has 0 saturated carbocycles. The van der Waals surface area contributed by atoms with Gasteiger partial charge in [-0.15, -0.1) is 0 Å². The molecule has 4 nitrogen and oxygen atoms in total. The molecule has 17 heavy (non-hydrogen) atoms.